The van der Waals surface area contributed by atoms with Crippen LogP contribution in [0, 0.1) is 0 Å². The minimum atomic E-state index is -0.476. The van der Waals surface area contributed by atoms with Gasteiger partial charge in [-0.15, -0.1) is 0 Å². The highest BCUT2D eigenvalue weighted by Crippen LogP contribution is 2.44. The van der Waals surface area contributed by atoms with Gasteiger partial charge in [0.05, 0.1) is 33.6 Å². The smallest absolute Gasteiger partial charge is 0.405 e. The standard InChI is InChI=1S/C24H23BO2.C18H11Br.C12H24B2O4/c1-23(2)24(3,4)27-25(26-23)16-13-14-21-19-11-6-5-9-17(19)18-10-7-8-12-20(18)22(21)15-16;19-12-9-10-17-15-7-2-1-5-13(15)14-6-3-4-8-16(14)18(17)11-12;1-9(2)10(3,4)16-13(15-9)14-17-11(5,6)12(7,8)18-14/h5-15H,1-4H3;1-11H;1-8H3. The summed E-state index contributed by atoms with van der Waals surface area (Å²) in [4.78, 5) is 0. The van der Waals surface area contributed by atoms with Gasteiger partial charge in [0.2, 0.25) is 0 Å². The summed E-state index contributed by atoms with van der Waals surface area (Å²) in [7, 11) is -1.29. The second kappa shape index (κ2) is 16.0. The van der Waals surface area contributed by atoms with Gasteiger partial charge in [0.1, 0.15) is 0 Å². The normalized spacial score (nSPS) is 20.2. The van der Waals surface area contributed by atoms with Gasteiger partial charge in [0.15, 0.2) is 0 Å². The molecule has 0 unspecified atom stereocenters. The highest BCUT2D eigenvalue weighted by Gasteiger charge is 2.63. The lowest BCUT2D eigenvalue weighted by atomic mass is 9.49. The van der Waals surface area contributed by atoms with Crippen LogP contribution >= 0.6 is 15.9 Å². The summed E-state index contributed by atoms with van der Waals surface area (Å²) in [5, 5.41) is 15.6. The molecule has 11 rings (SSSR count). The Morgan fingerprint density at radius 1 is 0.297 bits per heavy atom. The Morgan fingerprint density at radius 2 is 0.547 bits per heavy atom. The number of fused-ring (bicyclic) bond motifs is 12. The minimum Gasteiger partial charge on any atom is -0.405 e. The molecule has 6 nitrogen and oxygen atoms in total. The maximum atomic E-state index is 6.28. The van der Waals surface area contributed by atoms with Crippen molar-refractivity contribution in [2.24, 2.45) is 0 Å². The molecule has 3 fully saturated rings. The maximum Gasteiger partial charge on any atom is 0.494 e. The Bertz CT molecular complexity index is 2940. The van der Waals surface area contributed by atoms with Crippen molar-refractivity contribution in [2.75, 3.05) is 0 Å². The molecule has 0 radical (unpaired) electrons. The number of benzene rings is 8. The first-order chi connectivity index (χ1) is 30.1. The molecule has 0 aromatic heterocycles. The van der Waals surface area contributed by atoms with Crippen molar-refractivity contribution in [3.05, 3.63) is 138 Å². The van der Waals surface area contributed by atoms with Crippen molar-refractivity contribution in [2.45, 2.75) is 117 Å². The van der Waals surface area contributed by atoms with Crippen molar-refractivity contribution >= 4 is 107 Å². The van der Waals surface area contributed by atoms with Crippen LogP contribution in [-0.4, -0.2) is 54.7 Å². The van der Waals surface area contributed by atoms with Crippen LogP contribution in [0.1, 0.15) is 83.1 Å². The average molecular weight is 915 g/mol. The highest BCUT2D eigenvalue weighted by atomic mass is 79.9. The van der Waals surface area contributed by atoms with Gasteiger partial charge in [0.25, 0.3) is 0 Å². The van der Waals surface area contributed by atoms with Crippen LogP contribution in [0.2, 0.25) is 0 Å². The molecule has 3 saturated heterocycles. The van der Waals surface area contributed by atoms with Crippen LogP contribution in [0.4, 0.5) is 0 Å². The van der Waals surface area contributed by atoms with Crippen LogP contribution in [0.15, 0.2) is 138 Å². The lowest BCUT2D eigenvalue weighted by Crippen LogP contribution is -2.41. The fourth-order valence-corrected chi connectivity index (χ4v) is 9.29. The van der Waals surface area contributed by atoms with E-state index in [1.165, 1.54) is 64.6 Å². The monoisotopic (exact) mass is 914 g/mol. The van der Waals surface area contributed by atoms with E-state index in [-0.39, 0.29) is 40.7 Å². The van der Waals surface area contributed by atoms with Crippen molar-refractivity contribution in [1.82, 2.24) is 0 Å². The van der Waals surface area contributed by atoms with Gasteiger partial charge in [-0.1, -0.05) is 137 Å². The van der Waals surface area contributed by atoms with Gasteiger partial charge in [-0.2, -0.15) is 0 Å². The van der Waals surface area contributed by atoms with E-state index in [1.54, 1.807) is 0 Å². The summed E-state index contributed by atoms with van der Waals surface area (Å²) < 4.78 is 37.5. The van der Waals surface area contributed by atoms with Crippen LogP contribution in [-0.2, 0) is 27.9 Å². The molecule has 0 atom stereocenters. The summed E-state index contributed by atoms with van der Waals surface area (Å²) in [5.41, 5.74) is -1.04. The van der Waals surface area contributed by atoms with E-state index in [1.807, 2.05) is 55.4 Å². The third-order valence-corrected chi connectivity index (χ3v) is 15.3. The Hall–Kier alpha value is -4.25. The fraction of sp³-hybridized carbons (Fsp3) is 0.333. The zero-order valence-electron chi connectivity index (χ0n) is 39.3. The predicted octanol–water partition coefficient (Wildman–Crippen LogP) is 13.6. The molecule has 10 heteroatoms. The van der Waals surface area contributed by atoms with E-state index in [4.69, 9.17) is 27.9 Å². The topological polar surface area (TPSA) is 55.4 Å². The molecule has 64 heavy (non-hydrogen) atoms. The lowest BCUT2D eigenvalue weighted by Gasteiger charge is -2.32. The average Bonchev–Trinajstić information content (AvgIpc) is 3.73. The number of halogens is 1. The predicted molar refractivity (Wildman–Crippen MR) is 273 cm³/mol. The molecule has 326 valence electrons. The third-order valence-electron chi connectivity index (χ3n) is 14.8. The number of hydrogen-bond acceptors (Lipinski definition) is 6. The molecule has 0 bridgehead atoms. The Balaban J connectivity index is 0.000000125. The molecule has 3 aliphatic rings. The fourth-order valence-electron chi connectivity index (χ4n) is 8.93. The van der Waals surface area contributed by atoms with E-state index in [9.17, 15) is 0 Å². The molecule has 3 heterocycles. The Labute approximate surface area is 387 Å². The first-order valence-corrected chi connectivity index (χ1v) is 23.3. The SMILES string of the molecule is Brc1ccc2c3ccccc3c3ccccc3c2c1.CC1(C)OB(B2OC(C)(C)C(C)(C)O2)OC1(C)C.CC1(C)OB(c2ccc3c4ccccc4c4ccccc4c3c2)OC1(C)C. The molecule has 8 aromatic rings. The Morgan fingerprint density at radius 3 is 0.875 bits per heavy atom. The van der Waals surface area contributed by atoms with Crippen LogP contribution in [0.3, 0.4) is 0 Å². The Kier molecular flexibility index (Phi) is 11.2. The molecule has 3 aliphatic heterocycles. The summed E-state index contributed by atoms with van der Waals surface area (Å²) in [5.74, 6) is 0. The summed E-state index contributed by atoms with van der Waals surface area (Å²) >= 11 is 3.58. The van der Waals surface area contributed by atoms with Gasteiger partial charge in [0, 0.05) is 4.47 Å². The van der Waals surface area contributed by atoms with E-state index >= 15 is 0 Å². The van der Waals surface area contributed by atoms with E-state index < -0.39 is 14.0 Å². The van der Waals surface area contributed by atoms with Crippen molar-refractivity contribution in [3.8, 4) is 0 Å². The first-order valence-electron chi connectivity index (χ1n) is 22.5. The zero-order valence-corrected chi connectivity index (χ0v) is 40.8. The molecule has 0 saturated carbocycles. The summed E-state index contributed by atoms with van der Waals surface area (Å²) in [6.07, 6.45) is 0. The van der Waals surface area contributed by atoms with E-state index in [2.05, 4.69) is 177 Å². The van der Waals surface area contributed by atoms with Gasteiger partial charge < -0.3 is 27.9 Å². The zero-order chi connectivity index (χ0) is 45.6. The van der Waals surface area contributed by atoms with Gasteiger partial charge in [-0.05, 0) is 165 Å². The van der Waals surface area contributed by atoms with Gasteiger partial charge in [-0.25, -0.2) is 0 Å². The van der Waals surface area contributed by atoms with Gasteiger partial charge in [-0.3, -0.25) is 0 Å². The molecule has 8 aromatic carbocycles. The van der Waals surface area contributed by atoms with E-state index in [0.29, 0.717) is 0 Å². The molecule has 0 spiro atoms. The van der Waals surface area contributed by atoms with Gasteiger partial charge >= 0.3 is 21.1 Å². The largest absolute Gasteiger partial charge is 0.494 e. The minimum absolute atomic E-state index is 0.335. The van der Waals surface area contributed by atoms with Crippen LogP contribution in [0.5, 0.6) is 0 Å². The second-order valence-corrected chi connectivity index (χ2v) is 21.4. The van der Waals surface area contributed by atoms with Crippen LogP contribution in [0.25, 0.3) is 64.6 Å². The lowest BCUT2D eigenvalue weighted by molar-refractivity contribution is 0.00578. The quantitative estimate of drug-likeness (QED) is 0.127. The van der Waals surface area contributed by atoms with Crippen LogP contribution < -0.4 is 5.46 Å². The second-order valence-electron chi connectivity index (χ2n) is 20.5. The van der Waals surface area contributed by atoms with E-state index in [0.717, 1.165) is 9.94 Å². The third kappa shape index (κ3) is 7.77. The molecule has 0 aliphatic carbocycles. The first kappa shape index (κ1) is 44.9. The highest BCUT2D eigenvalue weighted by molar-refractivity contribution is 9.10. The molecule has 0 amide bonds. The number of rotatable bonds is 2. The van der Waals surface area contributed by atoms with Crippen molar-refractivity contribution in [1.29, 1.82) is 0 Å². The summed E-state index contributed by atoms with van der Waals surface area (Å²) in [6.45, 7) is 24.6. The summed E-state index contributed by atoms with van der Waals surface area (Å²) in [6, 6.07) is 47.7. The molecular formula is C54H58B3BrO6. The number of hydrogen-bond donors (Lipinski definition) is 0. The maximum absolute atomic E-state index is 6.28. The molecular weight excluding hydrogens is 857 g/mol. The van der Waals surface area contributed by atoms with Crippen molar-refractivity contribution < 1.29 is 27.9 Å². The molecule has 0 N–H and O–H groups in total. The van der Waals surface area contributed by atoms with Crippen molar-refractivity contribution in [3.63, 3.8) is 0 Å².